The van der Waals surface area contributed by atoms with Crippen molar-refractivity contribution < 1.29 is 24.3 Å². The Balaban J connectivity index is 5.17. The number of unbranched alkanes of at least 4 members (excludes halogenated alkanes) is 1. The van der Waals surface area contributed by atoms with E-state index in [4.69, 9.17) is 22.9 Å². The van der Waals surface area contributed by atoms with Crippen LogP contribution >= 0.6 is 12.6 Å². The van der Waals surface area contributed by atoms with E-state index < -0.39 is 47.9 Å². The van der Waals surface area contributed by atoms with E-state index in [1.165, 1.54) is 0 Å². The van der Waals surface area contributed by atoms with Crippen molar-refractivity contribution in [2.75, 3.05) is 18.8 Å². The van der Waals surface area contributed by atoms with Gasteiger partial charge < -0.3 is 44.0 Å². The first kappa shape index (κ1) is 32.4. The Hall–Kier alpha value is -2.58. The van der Waals surface area contributed by atoms with Crippen LogP contribution in [0.25, 0.3) is 0 Å². The second-order valence-corrected chi connectivity index (χ2v) is 9.04. The van der Waals surface area contributed by atoms with Crippen molar-refractivity contribution in [1.82, 2.24) is 16.0 Å². The molecule has 0 spiro atoms. The Morgan fingerprint density at radius 1 is 0.886 bits per heavy atom. The molecule has 0 saturated heterocycles. The lowest BCUT2D eigenvalue weighted by Gasteiger charge is -2.25. The van der Waals surface area contributed by atoms with Crippen LogP contribution in [0.4, 0.5) is 0 Å². The van der Waals surface area contributed by atoms with E-state index in [1.807, 2.05) is 13.8 Å². The van der Waals surface area contributed by atoms with Gasteiger partial charge in [-0.25, -0.2) is 4.79 Å². The average molecular weight is 519 g/mol. The molecule has 0 radical (unpaired) electrons. The molecule has 0 aliphatic rings. The minimum atomic E-state index is -1.16. The molecule has 0 saturated carbocycles. The standard InChI is InChI=1S/C21H42N8O5S/c1-12(2)10-15(20(33)34)28-18(31)14(7-3-4-8-22)27-19(32)16(11-35)29-17(30)13(23)6-5-9-26-21(24)25/h12-16,35H,3-11,22-23H2,1-2H3,(H,27,32)(H,28,31)(H,29,30)(H,33,34)(H4,24,25,26). The van der Waals surface area contributed by atoms with Gasteiger partial charge in [0.15, 0.2) is 5.96 Å². The highest BCUT2D eigenvalue weighted by Crippen LogP contribution is 2.08. The zero-order valence-corrected chi connectivity index (χ0v) is 21.4. The topological polar surface area (TPSA) is 241 Å². The minimum Gasteiger partial charge on any atom is -0.480 e. The lowest BCUT2D eigenvalue weighted by Crippen LogP contribution is -2.57. The smallest absolute Gasteiger partial charge is 0.326 e. The predicted molar refractivity (Wildman–Crippen MR) is 138 cm³/mol. The van der Waals surface area contributed by atoms with E-state index in [0.717, 1.165) is 0 Å². The van der Waals surface area contributed by atoms with Crippen LogP contribution in [0.2, 0.25) is 0 Å². The quantitative estimate of drug-likeness (QED) is 0.0421. The van der Waals surface area contributed by atoms with Crippen molar-refractivity contribution >= 4 is 42.3 Å². The number of thiol groups is 1. The summed E-state index contributed by atoms with van der Waals surface area (Å²) in [6.07, 6.45) is 2.40. The maximum Gasteiger partial charge on any atom is 0.326 e. The molecule has 35 heavy (non-hydrogen) atoms. The van der Waals surface area contributed by atoms with E-state index in [-0.39, 0.29) is 30.5 Å². The Morgan fingerprint density at radius 2 is 1.46 bits per heavy atom. The van der Waals surface area contributed by atoms with Gasteiger partial charge in [-0.1, -0.05) is 13.8 Å². The van der Waals surface area contributed by atoms with Crippen molar-refractivity contribution in [3.05, 3.63) is 0 Å². The molecule has 0 aliphatic carbocycles. The van der Waals surface area contributed by atoms with E-state index in [2.05, 4.69) is 33.6 Å². The van der Waals surface area contributed by atoms with Gasteiger partial charge in [0.2, 0.25) is 17.7 Å². The molecule has 0 aromatic rings. The zero-order valence-electron chi connectivity index (χ0n) is 20.5. The summed E-state index contributed by atoms with van der Waals surface area (Å²) < 4.78 is 0. The number of rotatable bonds is 18. The predicted octanol–water partition coefficient (Wildman–Crippen LogP) is -1.99. The van der Waals surface area contributed by atoms with Crippen LogP contribution in [-0.2, 0) is 19.2 Å². The second-order valence-electron chi connectivity index (χ2n) is 8.67. The molecule has 0 aromatic heterocycles. The number of aliphatic imine (C=N–C) groups is 1. The van der Waals surface area contributed by atoms with Gasteiger partial charge in [0.25, 0.3) is 0 Å². The summed E-state index contributed by atoms with van der Waals surface area (Å²) in [5.74, 6) is -3.04. The SMILES string of the molecule is CC(C)CC(NC(=O)C(CCCCN)NC(=O)C(CS)NC(=O)C(N)CCCN=C(N)N)C(=O)O. The lowest BCUT2D eigenvalue weighted by atomic mass is 10.0. The molecule has 4 atom stereocenters. The summed E-state index contributed by atoms with van der Waals surface area (Å²) in [7, 11) is 0. The first-order chi connectivity index (χ1) is 16.4. The third-order valence-corrected chi connectivity index (χ3v) is 5.39. The van der Waals surface area contributed by atoms with Crippen molar-refractivity contribution in [1.29, 1.82) is 0 Å². The molecule has 202 valence electrons. The number of carbonyl (C=O) groups excluding carboxylic acids is 3. The van der Waals surface area contributed by atoms with Gasteiger partial charge in [-0.2, -0.15) is 12.6 Å². The minimum absolute atomic E-state index is 0.0362. The molecular weight excluding hydrogens is 476 g/mol. The molecule has 0 aliphatic heterocycles. The maximum atomic E-state index is 12.8. The maximum absolute atomic E-state index is 12.8. The van der Waals surface area contributed by atoms with Gasteiger partial charge in [-0.15, -0.1) is 0 Å². The van der Waals surface area contributed by atoms with Gasteiger partial charge in [0, 0.05) is 12.3 Å². The third-order valence-electron chi connectivity index (χ3n) is 5.02. The lowest BCUT2D eigenvalue weighted by molar-refractivity contribution is -0.142. The van der Waals surface area contributed by atoms with E-state index in [0.29, 0.717) is 38.8 Å². The highest BCUT2D eigenvalue weighted by Gasteiger charge is 2.29. The Kier molecular flexibility index (Phi) is 16.5. The van der Waals surface area contributed by atoms with Crippen LogP contribution < -0.4 is 38.9 Å². The number of nitrogens with one attached hydrogen (secondary N) is 3. The van der Waals surface area contributed by atoms with Crippen LogP contribution in [0.3, 0.4) is 0 Å². The van der Waals surface area contributed by atoms with Crippen molar-refractivity contribution in [2.24, 2.45) is 33.8 Å². The van der Waals surface area contributed by atoms with Crippen LogP contribution in [0.1, 0.15) is 52.4 Å². The highest BCUT2D eigenvalue weighted by molar-refractivity contribution is 7.80. The molecule has 0 aromatic carbocycles. The fraction of sp³-hybridized carbons (Fsp3) is 0.762. The van der Waals surface area contributed by atoms with Crippen molar-refractivity contribution in [3.63, 3.8) is 0 Å². The van der Waals surface area contributed by atoms with Gasteiger partial charge in [-0.05, 0) is 51.0 Å². The fourth-order valence-corrected chi connectivity index (χ4v) is 3.38. The molecule has 12 N–H and O–H groups in total. The highest BCUT2D eigenvalue weighted by atomic mass is 32.1. The van der Waals surface area contributed by atoms with Gasteiger partial charge in [-0.3, -0.25) is 19.4 Å². The Morgan fingerprint density at radius 3 is 1.97 bits per heavy atom. The van der Waals surface area contributed by atoms with Crippen LogP contribution in [-0.4, -0.2) is 77.8 Å². The van der Waals surface area contributed by atoms with E-state index >= 15 is 0 Å². The summed E-state index contributed by atoms with van der Waals surface area (Å²) in [5.41, 5.74) is 21.9. The number of carboxylic acid groups (broad SMARTS) is 1. The fourth-order valence-electron chi connectivity index (χ4n) is 3.12. The number of nitrogens with zero attached hydrogens (tertiary/aromatic N) is 1. The van der Waals surface area contributed by atoms with E-state index in [1.54, 1.807) is 0 Å². The summed E-state index contributed by atoms with van der Waals surface area (Å²) in [6, 6.07) is -4.04. The molecule has 0 fully saturated rings. The molecule has 13 nitrogen and oxygen atoms in total. The van der Waals surface area contributed by atoms with Gasteiger partial charge in [0.05, 0.1) is 6.04 Å². The molecule has 0 heterocycles. The number of hydrogen-bond acceptors (Lipinski definition) is 8. The second kappa shape index (κ2) is 17.8. The number of hydrogen-bond donors (Lipinski definition) is 9. The Bertz CT molecular complexity index is 718. The molecule has 0 rings (SSSR count). The number of carboxylic acids is 1. The molecule has 14 heteroatoms. The number of amides is 3. The van der Waals surface area contributed by atoms with E-state index in [9.17, 15) is 24.3 Å². The van der Waals surface area contributed by atoms with Crippen molar-refractivity contribution in [3.8, 4) is 0 Å². The van der Waals surface area contributed by atoms with Crippen LogP contribution in [0.5, 0.6) is 0 Å². The van der Waals surface area contributed by atoms with Crippen LogP contribution in [0, 0.1) is 5.92 Å². The first-order valence-electron chi connectivity index (χ1n) is 11.7. The molecular formula is C21H42N8O5S. The number of aliphatic carboxylic acids is 1. The summed E-state index contributed by atoms with van der Waals surface area (Å²) in [6.45, 7) is 4.40. The first-order valence-corrected chi connectivity index (χ1v) is 12.3. The summed E-state index contributed by atoms with van der Waals surface area (Å²) >= 11 is 4.13. The zero-order chi connectivity index (χ0) is 27.0. The third kappa shape index (κ3) is 14.4. The van der Waals surface area contributed by atoms with Crippen molar-refractivity contribution in [2.45, 2.75) is 76.5 Å². The Labute approximate surface area is 212 Å². The molecule has 4 unspecified atom stereocenters. The largest absolute Gasteiger partial charge is 0.480 e. The number of nitrogens with two attached hydrogens (primary N) is 4. The van der Waals surface area contributed by atoms with Crippen LogP contribution in [0.15, 0.2) is 4.99 Å². The summed E-state index contributed by atoms with van der Waals surface area (Å²) in [4.78, 5) is 53.4. The van der Waals surface area contributed by atoms with Gasteiger partial charge >= 0.3 is 5.97 Å². The van der Waals surface area contributed by atoms with Gasteiger partial charge in [0.1, 0.15) is 18.1 Å². The number of guanidine groups is 1. The normalized spacial score (nSPS) is 14.3. The molecule has 0 bridgehead atoms. The average Bonchev–Trinajstić information content (AvgIpc) is 2.78. The summed E-state index contributed by atoms with van der Waals surface area (Å²) in [5, 5.41) is 17.0. The molecule has 3 amide bonds. The monoisotopic (exact) mass is 518 g/mol. The number of carbonyl (C=O) groups is 4.